The summed E-state index contributed by atoms with van der Waals surface area (Å²) in [5.41, 5.74) is 5.67. The molecule has 0 aliphatic rings. The van der Waals surface area contributed by atoms with E-state index in [1.165, 1.54) is 11.3 Å². The van der Waals surface area contributed by atoms with Gasteiger partial charge in [0.1, 0.15) is 10.6 Å². The van der Waals surface area contributed by atoms with Crippen LogP contribution in [0, 0.1) is 0 Å². The van der Waals surface area contributed by atoms with Crippen molar-refractivity contribution in [1.82, 2.24) is 9.97 Å². The number of ether oxygens (including phenoxy) is 1. The highest BCUT2D eigenvalue weighted by Gasteiger charge is 2.11. The van der Waals surface area contributed by atoms with Crippen molar-refractivity contribution in [2.24, 2.45) is 0 Å². The fraction of sp³-hybridized carbons (Fsp3) is 0. The second-order valence-electron chi connectivity index (χ2n) is 3.70. The molecule has 3 aromatic rings. The Morgan fingerprint density at radius 3 is 2.95 bits per heavy atom. The number of rotatable bonds is 2. The largest absolute Gasteiger partial charge is 0.437 e. The summed E-state index contributed by atoms with van der Waals surface area (Å²) in [6.45, 7) is 0. The van der Waals surface area contributed by atoms with Gasteiger partial charge in [-0.3, -0.25) is 0 Å². The summed E-state index contributed by atoms with van der Waals surface area (Å²) in [4.78, 5) is 9.04. The minimum absolute atomic E-state index is 0.177. The first-order valence-corrected chi connectivity index (χ1v) is 7.32. The highest BCUT2D eigenvalue weighted by Crippen LogP contribution is 2.35. The van der Waals surface area contributed by atoms with Crippen molar-refractivity contribution < 1.29 is 4.74 Å². The maximum Gasteiger partial charge on any atom is 0.232 e. The zero-order valence-electron chi connectivity index (χ0n) is 9.43. The molecule has 2 heterocycles. The number of anilines is 1. The Labute approximate surface area is 126 Å². The predicted octanol–water partition coefficient (Wildman–Crippen LogP) is 4.48. The van der Waals surface area contributed by atoms with Gasteiger partial charge in [-0.15, -0.1) is 11.3 Å². The third-order valence-electron chi connectivity index (χ3n) is 2.41. The molecule has 4 nitrogen and oxygen atoms in total. The predicted molar refractivity (Wildman–Crippen MR) is 81.1 cm³/mol. The molecule has 0 radical (unpaired) electrons. The zero-order chi connectivity index (χ0) is 13.4. The lowest BCUT2D eigenvalue weighted by molar-refractivity contribution is 0.469. The number of nitrogens with zero attached hydrogens (tertiary/aromatic N) is 2. The smallest absolute Gasteiger partial charge is 0.232 e. The lowest BCUT2D eigenvalue weighted by Crippen LogP contribution is -1.97. The van der Waals surface area contributed by atoms with Crippen molar-refractivity contribution in [2.75, 3.05) is 5.73 Å². The summed E-state index contributed by atoms with van der Waals surface area (Å²) >= 11 is 10.9. The number of aromatic nitrogens is 2. The van der Waals surface area contributed by atoms with E-state index in [4.69, 9.17) is 22.1 Å². The van der Waals surface area contributed by atoms with Gasteiger partial charge in [-0.1, -0.05) is 27.5 Å². The Kier molecular flexibility index (Phi) is 3.30. The molecule has 0 bridgehead atoms. The fourth-order valence-electron chi connectivity index (χ4n) is 1.58. The molecule has 0 aliphatic heterocycles. The van der Waals surface area contributed by atoms with Crippen LogP contribution in [0.15, 0.2) is 34.1 Å². The van der Waals surface area contributed by atoms with Gasteiger partial charge in [-0.2, -0.15) is 4.98 Å². The topological polar surface area (TPSA) is 61.0 Å². The monoisotopic (exact) mass is 355 g/mol. The van der Waals surface area contributed by atoms with Crippen molar-refractivity contribution in [3.8, 4) is 11.6 Å². The number of fused-ring (bicyclic) bond motifs is 1. The molecule has 2 N–H and O–H groups in total. The molecule has 1 aromatic carbocycles. The van der Waals surface area contributed by atoms with Crippen molar-refractivity contribution in [3.05, 3.63) is 39.1 Å². The van der Waals surface area contributed by atoms with E-state index in [-0.39, 0.29) is 5.95 Å². The zero-order valence-corrected chi connectivity index (χ0v) is 12.6. The molecule has 96 valence electrons. The van der Waals surface area contributed by atoms with E-state index in [0.717, 1.165) is 14.7 Å². The van der Waals surface area contributed by atoms with Crippen LogP contribution in [0.4, 0.5) is 5.95 Å². The lowest BCUT2D eigenvalue weighted by atomic mass is 10.3. The summed E-state index contributed by atoms with van der Waals surface area (Å²) in [7, 11) is 0. The number of benzene rings is 1. The molecule has 0 spiro atoms. The maximum atomic E-state index is 6.09. The highest BCUT2D eigenvalue weighted by atomic mass is 79.9. The molecular weight excluding hydrogens is 350 g/mol. The lowest BCUT2D eigenvalue weighted by Gasteiger charge is -2.08. The summed E-state index contributed by atoms with van der Waals surface area (Å²) < 4.78 is 6.63. The Balaban J connectivity index is 2.10. The molecule has 0 aliphatic carbocycles. The van der Waals surface area contributed by atoms with Gasteiger partial charge in [0.15, 0.2) is 0 Å². The van der Waals surface area contributed by atoms with E-state index in [2.05, 4.69) is 25.9 Å². The van der Waals surface area contributed by atoms with Gasteiger partial charge in [-0.05, 0) is 29.6 Å². The second kappa shape index (κ2) is 4.96. The molecule has 7 heteroatoms. The molecule has 19 heavy (non-hydrogen) atoms. The minimum Gasteiger partial charge on any atom is -0.437 e. The number of nitrogen functional groups attached to an aromatic ring is 1. The summed E-state index contributed by atoms with van der Waals surface area (Å²) in [6.07, 6.45) is 0. The van der Waals surface area contributed by atoms with Gasteiger partial charge in [0, 0.05) is 4.47 Å². The number of halogens is 2. The molecule has 0 saturated heterocycles. The van der Waals surface area contributed by atoms with E-state index in [1.54, 1.807) is 12.1 Å². The van der Waals surface area contributed by atoms with E-state index in [0.29, 0.717) is 16.7 Å². The van der Waals surface area contributed by atoms with Crippen molar-refractivity contribution in [1.29, 1.82) is 0 Å². The van der Waals surface area contributed by atoms with Crippen LogP contribution in [-0.2, 0) is 0 Å². The molecule has 3 rings (SSSR count). The standard InChI is InChI=1S/C12H7BrClN3OS/c13-6-1-2-8(14)9(5-6)18-10-7-3-4-19-11(7)17-12(15)16-10/h1-5H,(H2,15,16,17). The molecule has 2 aromatic heterocycles. The van der Waals surface area contributed by atoms with Crippen molar-refractivity contribution >= 4 is 55.0 Å². The molecule has 0 saturated carbocycles. The van der Waals surface area contributed by atoms with Crippen LogP contribution in [0.2, 0.25) is 5.02 Å². The molecule has 0 unspecified atom stereocenters. The minimum atomic E-state index is 0.177. The quantitative estimate of drug-likeness (QED) is 0.735. The van der Waals surface area contributed by atoms with Gasteiger partial charge in [0.2, 0.25) is 11.8 Å². The Hall–Kier alpha value is -1.37. The van der Waals surface area contributed by atoms with Crippen LogP contribution in [0.25, 0.3) is 10.2 Å². The third-order valence-corrected chi connectivity index (χ3v) is 4.02. The van der Waals surface area contributed by atoms with Crippen molar-refractivity contribution in [3.63, 3.8) is 0 Å². The van der Waals surface area contributed by atoms with Gasteiger partial charge in [0.25, 0.3) is 0 Å². The maximum absolute atomic E-state index is 6.09. The van der Waals surface area contributed by atoms with Gasteiger partial charge in [0.05, 0.1) is 10.4 Å². The summed E-state index contributed by atoms with van der Waals surface area (Å²) in [6, 6.07) is 7.25. The van der Waals surface area contributed by atoms with Gasteiger partial charge in [-0.25, -0.2) is 4.98 Å². The Morgan fingerprint density at radius 1 is 1.26 bits per heavy atom. The fourth-order valence-corrected chi connectivity index (χ4v) is 2.84. The Bertz CT molecular complexity index is 762. The molecule has 0 amide bonds. The summed E-state index contributed by atoms with van der Waals surface area (Å²) in [5.74, 6) is 1.10. The summed E-state index contributed by atoms with van der Waals surface area (Å²) in [5, 5.41) is 3.23. The average molecular weight is 357 g/mol. The highest BCUT2D eigenvalue weighted by molar-refractivity contribution is 9.10. The van der Waals surface area contributed by atoms with E-state index >= 15 is 0 Å². The number of hydrogen-bond acceptors (Lipinski definition) is 5. The van der Waals surface area contributed by atoms with Crippen LogP contribution in [0.3, 0.4) is 0 Å². The van der Waals surface area contributed by atoms with Crippen LogP contribution in [0.1, 0.15) is 0 Å². The normalized spacial score (nSPS) is 10.8. The Morgan fingerprint density at radius 2 is 2.11 bits per heavy atom. The van der Waals surface area contributed by atoms with E-state index in [9.17, 15) is 0 Å². The van der Waals surface area contributed by atoms with Gasteiger partial charge < -0.3 is 10.5 Å². The first kappa shape index (κ1) is 12.7. The SMILES string of the molecule is Nc1nc(Oc2cc(Br)ccc2Cl)c2ccsc2n1. The van der Waals surface area contributed by atoms with Crippen LogP contribution >= 0.6 is 38.9 Å². The first-order chi connectivity index (χ1) is 9.13. The molecule has 0 atom stereocenters. The van der Waals surface area contributed by atoms with Crippen LogP contribution in [-0.4, -0.2) is 9.97 Å². The number of thiophene rings is 1. The third kappa shape index (κ3) is 2.51. The average Bonchev–Trinajstić information content (AvgIpc) is 2.82. The number of hydrogen-bond donors (Lipinski definition) is 1. The van der Waals surface area contributed by atoms with E-state index in [1.807, 2.05) is 17.5 Å². The second-order valence-corrected chi connectivity index (χ2v) is 5.92. The van der Waals surface area contributed by atoms with E-state index < -0.39 is 0 Å². The molecule has 0 fully saturated rings. The van der Waals surface area contributed by atoms with Crippen molar-refractivity contribution in [2.45, 2.75) is 0 Å². The van der Waals surface area contributed by atoms with Crippen LogP contribution < -0.4 is 10.5 Å². The van der Waals surface area contributed by atoms with Gasteiger partial charge >= 0.3 is 0 Å². The number of nitrogens with two attached hydrogens (primary N) is 1. The first-order valence-electron chi connectivity index (χ1n) is 5.27. The van der Waals surface area contributed by atoms with Crippen LogP contribution in [0.5, 0.6) is 11.6 Å². The molecular formula is C12H7BrClN3OS.